The summed E-state index contributed by atoms with van der Waals surface area (Å²) >= 11 is 0. The maximum atomic E-state index is 13.7. The van der Waals surface area contributed by atoms with Crippen molar-refractivity contribution >= 4 is 29.7 Å². The Morgan fingerprint density at radius 2 is 0.938 bits per heavy atom. The van der Waals surface area contributed by atoms with Gasteiger partial charge in [-0.15, -0.1) is 0 Å². The summed E-state index contributed by atoms with van der Waals surface area (Å²) in [5.74, 6) is -3.09. The summed E-state index contributed by atoms with van der Waals surface area (Å²) in [7, 11) is 0. The quantitative estimate of drug-likeness (QED) is 0.0845. The molecule has 346 valence electrons. The Labute approximate surface area is 376 Å². The number of hydrogen-bond acceptors (Lipinski definition) is 16. The first-order valence-electron chi connectivity index (χ1n) is 21.3. The molecule has 0 radical (unpaired) electrons. The van der Waals surface area contributed by atoms with Gasteiger partial charge in [0.25, 0.3) is 0 Å². The lowest BCUT2D eigenvalue weighted by atomic mass is 9.96. The van der Waals surface area contributed by atoms with Gasteiger partial charge in [0.05, 0.1) is 31.8 Å². The van der Waals surface area contributed by atoms with Gasteiger partial charge in [0.15, 0.2) is 24.8 Å². The van der Waals surface area contributed by atoms with Crippen molar-refractivity contribution in [3.63, 3.8) is 0 Å². The highest BCUT2D eigenvalue weighted by atomic mass is 16.8. The number of aliphatic hydroxyl groups excluding tert-OH is 1. The molecular weight excluding hydrogens is 845 g/mol. The van der Waals surface area contributed by atoms with Crippen molar-refractivity contribution in [1.29, 1.82) is 0 Å². The zero-order valence-electron chi connectivity index (χ0n) is 36.3. The largest absolute Gasteiger partial charge is 0.463 e. The first kappa shape index (κ1) is 48.6. The molecule has 16 heteroatoms. The second-order valence-electron chi connectivity index (χ2n) is 15.5. The Balaban J connectivity index is 1.38. The van der Waals surface area contributed by atoms with Gasteiger partial charge >= 0.3 is 23.9 Å². The topological polar surface area (TPSA) is 198 Å². The number of carbonyl (C=O) groups is 5. The van der Waals surface area contributed by atoms with E-state index < -0.39 is 98.5 Å². The van der Waals surface area contributed by atoms with Crippen molar-refractivity contribution in [3.05, 3.63) is 144 Å². The van der Waals surface area contributed by atoms with E-state index in [0.717, 1.165) is 16.7 Å². The van der Waals surface area contributed by atoms with E-state index in [4.69, 9.17) is 47.4 Å². The van der Waals surface area contributed by atoms with Crippen LogP contribution in [0.5, 0.6) is 0 Å². The first-order valence-corrected chi connectivity index (χ1v) is 21.3. The molecule has 0 aromatic heterocycles. The minimum Gasteiger partial charge on any atom is -0.463 e. The number of benzene rings is 4. The van der Waals surface area contributed by atoms with Crippen LogP contribution in [0.4, 0.5) is 0 Å². The van der Waals surface area contributed by atoms with Gasteiger partial charge in [0, 0.05) is 20.3 Å². The van der Waals surface area contributed by atoms with Crippen LogP contribution in [0.2, 0.25) is 0 Å². The van der Waals surface area contributed by atoms with Gasteiger partial charge in [-0.1, -0.05) is 109 Å². The number of ether oxygens (including phenoxy) is 10. The Kier molecular flexibility index (Phi) is 18.3. The van der Waals surface area contributed by atoms with Crippen molar-refractivity contribution in [2.45, 2.75) is 115 Å². The minimum atomic E-state index is -1.80. The molecule has 0 amide bonds. The Hall–Kier alpha value is -5.85. The molecule has 0 aliphatic carbocycles. The SMILES string of the molecule is CC(=O)CCC(=O)O[C@@H]1[C@@H](OCc2ccccc2)[C@@H](O[C@H]2O[C@H](COC(C)=O)[C@@H](OCc3ccccc3)[C@H](OC(=O)c3ccccc3)[C@H]2O)O[C@H](COC(C)=O)[C@H]1OCc1ccccc1. The van der Waals surface area contributed by atoms with Gasteiger partial charge in [-0.05, 0) is 35.7 Å². The van der Waals surface area contributed by atoms with Crippen LogP contribution in [0.1, 0.15) is 60.7 Å². The van der Waals surface area contributed by atoms with Crippen LogP contribution in [0.15, 0.2) is 121 Å². The van der Waals surface area contributed by atoms with E-state index in [-0.39, 0.29) is 44.0 Å². The molecular formula is C49H54O16. The number of aliphatic hydroxyl groups is 1. The fourth-order valence-corrected chi connectivity index (χ4v) is 7.20. The molecule has 2 saturated heterocycles. The van der Waals surface area contributed by atoms with Crippen LogP contribution in [-0.2, 0) is 86.4 Å². The van der Waals surface area contributed by atoms with Crippen LogP contribution >= 0.6 is 0 Å². The zero-order chi connectivity index (χ0) is 46.1. The molecule has 2 aliphatic heterocycles. The highest BCUT2D eigenvalue weighted by Crippen LogP contribution is 2.35. The van der Waals surface area contributed by atoms with Crippen molar-refractivity contribution in [1.82, 2.24) is 0 Å². The van der Waals surface area contributed by atoms with E-state index >= 15 is 0 Å². The van der Waals surface area contributed by atoms with Gasteiger partial charge in [0.1, 0.15) is 55.6 Å². The van der Waals surface area contributed by atoms with Crippen LogP contribution in [-0.4, -0.2) is 109 Å². The third-order valence-corrected chi connectivity index (χ3v) is 10.4. The lowest BCUT2D eigenvalue weighted by Gasteiger charge is -2.48. The first-order chi connectivity index (χ1) is 31.4. The molecule has 4 aromatic rings. The third kappa shape index (κ3) is 14.6. The number of hydrogen-bond donors (Lipinski definition) is 1. The van der Waals surface area contributed by atoms with E-state index in [1.54, 1.807) is 30.3 Å². The standard InChI is InChI=1S/C49H54O16/c1-31(50)24-25-40(53)63-45-43(59-27-35-18-10-5-11-19-35)39(30-57-33(3)52)62-49(46(45)60-28-36-20-12-6-13-21-36)65-48-41(54)44(64-47(55)37-22-14-7-15-23-37)42(38(61-48)29-56-32(2)51)58-26-34-16-8-4-9-17-34/h4-23,38-39,41-46,48-49,54H,24-30H2,1-3H3/t38-,39-,41-,42-,43-,44-,45+,46-,48-,49-/m1/s1. The van der Waals surface area contributed by atoms with Crippen LogP contribution in [0.25, 0.3) is 0 Å². The van der Waals surface area contributed by atoms with E-state index in [9.17, 15) is 29.1 Å². The summed E-state index contributed by atoms with van der Waals surface area (Å²) in [6, 6.07) is 35.5. The van der Waals surface area contributed by atoms with Crippen molar-refractivity contribution in [2.75, 3.05) is 13.2 Å². The van der Waals surface area contributed by atoms with Crippen LogP contribution < -0.4 is 0 Å². The summed E-state index contributed by atoms with van der Waals surface area (Å²) < 4.78 is 61.7. The number of ketones is 1. The highest BCUT2D eigenvalue weighted by Gasteiger charge is 2.55. The highest BCUT2D eigenvalue weighted by molar-refractivity contribution is 5.89. The average Bonchev–Trinajstić information content (AvgIpc) is 3.31. The molecule has 0 saturated carbocycles. The smallest absolute Gasteiger partial charge is 0.338 e. The molecule has 1 N–H and O–H groups in total. The predicted octanol–water partition coefficient (Wildman–Crippen LogP) is 5.20. The zero-order valence-corrected chi connectivity index (χ0v) is 36.3. The van der Waals surface area contributed by atoms with E-state index in [1.807, 2.05) is 91.0 Å². The normalized spacial score (nSPS) is 25.2. The lowest BCUT2D eigenvalue weighted by Crippen LogP contribution is -2.66. The van der Waals surface area contributed by atoms with E-state index in [2.05, 4.69) is 0 Å². The number of Topliss-reactive ketones (excluding diaryl/α,β-unsaturated/α-hetero) is 1. The van der Waals surface area contributed by atoms with E-state index in [1.165, 1.54) is 20.8 Å². The fourth-order valence-electron chi connectivity index (χ4n) is 7.20. The van der Waals surface area contributed by atoms with Gasteiger partial charge in [-0.2, -0.15) is 0 Å². The van der Waals surface area contributed by atoms with Gasteiger partial charge < -0.3 is 57.3 Å². The number of carbonyl (C=O) groups excluding carboxylic acids is 5. The molecule has 65 heavy (non-hydrogen) atoms. The number of rotatable bonds is 21. The molecule has 2 heterocycles. The molecule has 4 aromatic carbocycles. The predicted molar refractivity (Wildman–Crippen MR) is 228 cm³/mol. The summed E-state index contributed by atoms with van der Waals surface area (Å²) in [5, 5.41) is 12.2. The average molecular weight is 899 g/mol. The monoisotopic (exact) mass is 898 g/mol. The van der Waals surface area contributed by atoms with Gasteiger partial charge in [0.2, 0.25) is 0 Å². The van der Waals surface area contributed by atoms with Crippen molar-refractivity contribution in [3.8, 4) is 0 Å². The fraction of sp³-hybridized carbons (Fsp3) is 0.408. The second-order valence-corrected chi connectivity index (χ2v) is 15.5. The van der Waals surface area contributed by atoms with Crippen molar-refractivity contribution in [2.24, 2.45) is 0 Å². The summed E-state index contributed by atoms with van der Waals surface area (Å²) in [5.41, 5.74) is 2.41. The third-order valence-electron chi connectivity index (χ3n) is 10.4. The summed E-state index contributed by atoms with van der Waals surface area (Å²) in [6.45, 7) is 2.88. The molecule has 0 spiro atoms. The van der Waals surface area contributed by atoms with Crippen LogP contribution in [0.3, 0.4) is 0 Å². The second kappa shape index (κ2) is 24.4. The number of esters is 4. The van der Waals surface area contributed by atoms with Gasteiger partial charge in [-0.3, -0.25) is 14.4 Å². The maximum Gasteiger partial charge on any atom is 0.338 e. The summed E-state index contributed by atoms with van der Waals surface area (Å²) in [4.78, 5) is 63.7. The lowest BCUT2D eigenvalue weighted by molar-refractivity contribution is -0.384. The van der Waals surface area contributed by atoms with Crippen molar-refractivity contribution < 1.29 is 76.4 Å². The Bertz CT molecular complexity index is 2120. The van der Waals surface area contributed by atoms with E-state index in [0.29, 0.717) is 0 Å². The van der Waals surface area contributed by atoms with Gasteiger partial charge in [-0.25, -0.2) is 4.79 Å². The molecule has 10 atom stereocenters. The molecule has 0 bridgehead atoms. The molecule has 6 rings (SSSR count). The Morgan fingerprint density at radius 3 is 1.40 bits per heavy atom. The Morgan fingerprint density at radius 1 is 0.508 bits per heavy atom. The molecule has 2 fully saturated rings. The summed E-state index contributed by atoms with van der Waals surface area (Å²) in [6.07, 6.45) is -14.5. The molecule has 2 aliphatic rings. The molecule has 0 unspecified atom stereocenters. The maximum absolute atomic E-state index is 13.7. The van der Waals surface area contributed by atoms with Crippen LogP contribution in [0, 0.1) is 0 Å². The molecule has 16 nitrogen and oxygen atoms in total. The minimum absolute atomic E-state index is 0.00493.